The van der Waals surface area contributed by atoms with Crippen molar-refractivity contribution in [3.8, 4) is 0 Å². The van der Waals surface area contributed by atoms with E-state index in [1.54, 1.807) is 4.90 Å². The van der Waals surface area contributed by atoms with Crippen molar-refractivity contribution in [2.75, 3.05) is 30.9 Å². The van der Waals surface area contributed by atoms with Gasteiger partial charge in [0.05, 0.1) is 17.5 Å². The van der Waals surface area contributed by atoms with Crippen LogP contribution >= 0.6 is 0 Å². The maximum atomic E-state index is 12.6. The van der Waals surface area contributed by atoms with E-state index < -0.39 is 0 Å². The molecule has 2 atom stereocenters. The van der Waals surface area contributed by atoms with Crippen LogP contribution in [0.3, 0.4) is 0 Å². The molecule has 0 heterocycles. The van der Waals surface area contributed by atoms with E-state index in [0.29, 0.717) is 12.6 Å². The van der Waals surface area contributed by atoms with E-state index in [0.717, 1.165) is 30.6 Å². The minimum atomic E-state index is -0.268. The van der Waals surface area contributed by atoms with Crippen LogP contribution in [0, 0.1) is 5.92 Å². The van der Waals surface area contributed by atoms with Gasteiger partial charge in [0.25, 0.3) is 0 Å². The Labute approximate surface area is 151 Å². The molecule has 2 aliphatic carbocycles. The highest BCUT2D eigenvalue weighted by molar-refractivity contribution is 5.93. The van der Waals surface area contributed by atoms with Crippen molar-refractivity contribution in [3.63, 3.8) is 0 Å². The van der Waals surface area contributed by atoms with Crippen LogP contribution < -0.4 is 10.2 Å². The molecule has 2 N–H and O–H groups in total. The van der Waals surface area contributed by atoms with Crippen molar-refractivity contribution in [1.82, 2.24) is 4.90 Å². The van der Waals surface area contributed by atoms with Crippen molar-refractivity contribution in [2.45, 2.75) is 57.1 Å². The van der Waals surface area contributed by atoms with Crippen molar-refractivity contribution >= 4 is 17.4 Å². The monoisotopic (exact) mass is 345 g/mol. The van der Waals surface area contributed by atoms with Crippen molar-refractivity contribution in [2.24, 2.45) is 5.92 Å². The second kappa shape index (κ2) is 8.09. The summed E-state index contributed by atoms with van der Waals surface area (Å²) in [6.45, 7) is 0.605. The smallest absolute Gasteiger partial charge is 0.321 e. The molecule has 2 unspecified atom stereocenters. The van der Waals surface area contributed by atoms with E-state index in [9.17, 15) is 9.90 Å². The first kappa shape index (κ1) is 18.1. The Balaban J connectivity index is 1.64. The van der Waals surface area contributed by atoms with Gasteiger partial charge >= 0.3 is 6.03 Å². The van der Waals surface area contributed by atoms with Gasteiger partial charge in [-0.15, -0.1) is 0 Å². The zero-order valence-corrected chi connectivity index (χ0v) is 15.4. The Morgan fingerprint density at radius 1 is 1.12 bits per heavy atom. The number of nitrogens with zero attached hydrogens (tertiary/aromatic N) is 2. The number of carbonyl (C=O) groups is 1. The molecule has 0 aromatic heterocycles. The van der Waals surface area contributed by atoms with Gasteiger partial charge in [-0.3, -0.25) is 0 Å². The average molecular weight is 345 g/mol. The molecule has 0 spiro atoms. The lowest BCUT2D eigenvalue weighted by molar-refractivity contribution is 0.116. The van der Waals surface area contributed by atoms with E-state index in [1.165, 1.54) is 25.7 Å². The van der Waals surface area contributed by atoms with E-state index >= 15 is 0 Å². The van der Waals surface area contributed by atoms with Crippen LogP contribution in [0.2, 0.25) is 0 Å². The Morgan fingerprint density at radius 2 is 1.84 bits per heavy atom. The number of benzene rings is 1. The molecule has 3 rings (SSSR count). The van der Waals surface area contributed by atoms with Gasteiger partial charge in [0, 0.05) is 32.6 Å². The fourth-order valence-electron chi connectivity index (χ4n) is 4.25. The highest BCUT2D eigenvalue weighted by Gasteiger charge is 2.28. The molecule has 0 bridgehead atoms. The van der Waals surface area contributed by atoms with Gasteiger partial charge in [-0.05, 0) is 37.8 Å². The molecule has 0 saturated heterocycles. The predicted octanol–water partition coefficient (Wildman–Crippen LogP) is 3.69. The summed E-state index contributed by atoms with van der Waals surface area (Å²) in [7, 11) is 3.93. The normalized spacial score (nSPS) is 23.6. The van der Waals surface area contributed by atoms with Crippen molar-refractivity contribution < 1.29 is 9.90 Å². The lowest BCUT2D eigenvalue weighted by atomic mass is 10.1. The number of nitrogens with one attached hydrogen (secondary N) is 1. The van der Waals surface area contributed by atoms with E-state index in [-0.39, 0.29) is 18.1 Å². The van der Waals surface area contributed by atoms with Crippen molar-refractivity contribution in [3.05, 3.63) is 24.3 Å². The third kappa shape index (κ3) is 4.27. The maximum absolute atomic E-state index is 12.6. The fraction of sp³-hybridized carbons (Fsp3) is 0.650. The van der Waals surface area contributed by atoms with E-state index in [2.05, 4.69) is 23.3 Å². The summed E-state index contributed by atoms with van der Waals surface area (Å²) in [5.74, 6) is 0.201. The molecule has 25 heavy (non-hydrogen) atoms. The van der Waals surface area contributed by atoms with Crippen LogP contribution in [-0.2, 0) is 0 Å². The molecule has 5 heteroatoms. The molecule has 1 aromatic rings. The number of amides is 2. The first-order valence-electron chi connectivity index (χ1n) is 9.58. The quantitative estimate of drug-likeness (QED) is 0.856. The number of hydrogen-bond acceptors (Lipinski definition) is 3. The molecule has 2 fully saturated rings. The second-order valence-corrected chi connectivity index (χ2v) is 7.64. The van der Waals surface area contributed by atoms with Crippen LogP contribution in [0.5, 0.6) is 0 Å². The zero-order valence-electron chi connectivity index (χ0n) is 15.4. The van der Waals surface area contributed by atoms with Gasteiger partial charge in [0.2, 0.25) is 0 Å². The lowest BCUT2D eigenvalue weighted by Crippen LogP contribution is -2.38. The molecular formula is C20H31N3O2. The molecule has 5 nitrogen and oxygen atoms in total. The molecule has 0 aliphatic heterocycles. The Kier molecular flexibility index (Phi) is 5.84. The maximum Gasteiger partial charge on any atom is 0.321 e. The number of aliphatic hydroxyl groups is 1. The number of rotatable bonds is 5. The number of para-hydroxylation sites is 2. The van der Waals surface area contributed by atoms with E-state index in [1.807, 2.05) is 25.2 Å². The number of hydrogen-bond donors (Lipinski definition) is 2. The summed E-state index contributed by atoms with van der Waals surface area (Å²) in [6, 6.07) is 8.49. The van der Waals surface area contributed by atoms with Crippen molar-refractivity contribution in [1.29, 1.82) is 0 Å². The average Bonchev–Trinajstić information content (AvgIpc) is 3.27. The third-order valence-corrected chi connectivity index (χ3v) is 5.87. The Bertz CT molecular complexity index is 586. The summed E-state index contributed by atoms with van der Waals surface area (Å²) in [5.41, 5.74) is 1.94. The SMILES string of the molecule is CN(CC1CCCC1O)C(=O)Nc1ccccc1N(C)C1CCCC1. The minimum Gasteiger partial charge on any atom is -0.393 e. The topological polar surface area (TPSA) is 55.8 Å². The van der Waals surface area contributed by atoms with E-state index in [4.69, 9.17) is 0 Å². The van der Waals surface area contributed by atoms with Gasteiger partial charge in [-0.25, -0.2) is 4.79 Å². The van der Waals surface area contributed by atoms with Gasteiger partial charge in [-0.2, -0.15) is 0 Å². The van der Waals surface area contributed by atoms with Crippen LogP contribution in [0.25, 0.3) is 0 Å². The molecule has 2 amide bonds. The highest BCUT2D eigenvalue weighted by Crippen LogP contribution is 2.32. The zero-order chi connectivity index (χ0) is 17.8. The lowest BCUT2D eigenvalue weighted by Gasteiger charge is -2.29. The first-order valence-corrected chi connectivity index (χ1v) is 9.58. The number of urea groups is 1. The summed E-state index contributed by atoms with van der Waals surface area (Å²) in [4.78, 5) is 16.6. The van der Waals surface area contributed by atoms with Crippen LogP contribution in [0.15, 0.2) is 24.3 Å². The second-order valence-electron chi connectivity index (χ2n) is 7.64. The summed E-state index contributed by atoms with van der Waals surface area (Å²) >= 11 is 0. The number of aliphatic hydroxyl groups excluding tert-OH is 1. The first-order chi connectivity index (χ1) is 12.1. The van der Waals surface area contributed by atoms with Gasteiger partial charge in [0.1, 0.15) is 0 Å². The third-order valence-electron chi connectivity index (χ3n) is 5.87. The molecule has 2 aliphatic rings. The molecule has 1 aromatic carbocycles. The Hall–Kier alpha value is -1.75. The summed E-state index contributed by atoms with van der Waals surface area (Å²) in [5, 5.41) is 13.0. The molecule has 2 saturated carbocycles. The molecule has 138 valence electrons. The minimum absolute atomic E-state index is 0.105. The van der Waals surface area contributed by atoms with Gasteiger partial charge < -0.3 is 20.2 Å². The summed E-state index contributed by atoms with van der Waals surface area (Å²) in [6.07, 6.45) is 7.66. The highest BCUT2D eigenvalue weighted by atomic mass is 16.3. The number of carbonyl (C=O) groups excluding carboxylic acids is 1. The van der Waals surface area contributed by atoms with Crippen LogP contribution in [-0.4, -0.2) is 48.8 Å². The van der Waals surface area contributed by atoms with Crippen LogP contribution in [0.4, 0.5) is 16.2 Å². The molecular weight excluding hydrogens is 314 g/mol. The summed E-state index contributed by atoms with van der Waals surface area (Å²) < 4.78 is 0. The van der Waals surface area contributed by atoms with Gasteiger partial charge in [-0.1, -0.05) is 31.4 Å². The molecule has 0 radical (unpaired) electrons. The largest absolute Gasteiger partial charge is 0.393 e. The fourth-order valence-corrected chi connectivity index (χ4v) is 4.25. The van der Waals surface area contributed by atoms with Crippen LogP contribution in [0.1, 0.15) is 44.9 Å². The Morgan fingerprint density at radius 3 is 2.52 bits per heavy atom. The predicted molar refractivity (Wildman–Crippen MR) is 102 cm³/mol. The van der Waals surface area contributed by atoms with Gasteiger partial charge in [0.15, 0.2) is 0 Å². The standard InChI is InChI=1S/C20H31N3O2/c1-22(14-15-8-7-13-19(15)24)20(25)21-17-11-5-6-12-18(17)23(2)16-9-3-4-10-16/h5-6,11-12,15-16,19,24H,3-4,7-10,13-14H2,1-2H3,(H,21,25). The number of anilines is 2.